The third-order valence-corrected chi connectivity index (χ3v) is 5.32. The molecule has 1 amide bonds. The van der Waals surface area contributed by atoms with Crippen LogP contribution in [0.1, 0.15) is 60.3 Å². The number of hydrogen-bond donors (Lipinski definition) is 2. The van der Waals surface area contributed by atoms with Crippen LogP contribution < -0.4 is 5.32 Å². The van der Waals surface area contributed by atoms with Crippen molar-refractivity contribution in [2.75, 3.05) is 26.4 Å². The number of aliphatic hydroxyl groups excluding tert-OH is 1. The second-order valence-corrected chi connectivity index (χ2v) is 7.97. The van der Waals surface area contributed by atoms with E-state index in [2.05, 4.69) is 5.32 Å². The van der Waals surface area contributed by atoms with Crippen LogP contribution in [0.4, 0.5) is 4.39 Å². The number of fused-ring (bicyclic) bond motifs is 1. The molecule has 1 aliphatic heterocycles. The Morgan fingerprint density at radius 3 is 2.77 bits per heavy atom. The van der Waals surface area contributed by atoms with E-state index in [9.17, 15) is 14.3 Å². The summed E-state index contributed by atoms with van der Waals surface area (Å²) in [5, 5.41) is 17.9. The normalized spacial score (nSPS) is 17.4. The molecule has 2 heterocycles. The SMILES string of the molecule is CCc1nn(C[C@H](C)COC(O)c2ccc(F)cc2)c2c1C(=O)NCCCOCCC2. The van der Waals surface area contributed by atoms with E-state index in [0.717, 1.165) is 24.2 Å². The number of aliphatic hydroxyl groups is 1. The van der Waals surface area contributed by atoms with Gasteiger partial charge in [0.05, 0.1) is 23.6 Å². The zero-order valence-corrected chi connectivity index (χ0v) is 18.3. The van der Waals surface area contributed by atoms with Crippen LogP contribution >= 0.6 is 0 Å². The maximum atomic E-state index is 13.1. The molecule has 2 N–H and O–H groups in total. The molecule has 0 radical (unpaired) electrons. The zero-order valence-electron chi connectivity index (χ0n) is 18.3. The summed E-state index contributed by atoms with van der Waals surface area (Å²) in [4.78, 5) is 12.8. The van der Waals surface area contributed by atoms with Gasteiger partial charge in [0.15, 0.2) is 6.29 Å². The second-order valence-electron chi connectivity index (χ2n) is 7.97. The molecule has 8 heteroatoms. The summed E-state index contributed by atoms with van der Waals surface area (Å²) in [6.45, 7) is 6.75. The Morgan fingerprint density at radius 1 is 1.29 bits per heavy atom. The van der Waals surface area contributed by atoms with Gasteiger partial charge in [-0.15, -0.1) is 0 Å². The Hall–Kier alpha value is -2.29. The molecule has 1 unspecified atom stereocenters. The number of nitrogens with one attached hydrogen (secondary N) is 1. The molecular formula is C23H32FN3O4. The van der Waals surface area contributed by atoms with Crippen molar-refractivity contribution in [3.63, 3.8) is 0 Å². The Morgan fingerprint density at radius 2 is 2.03 bits per heavy atom. The molecule has 1 aliphatic rings. The van der Waals surface area contributed by atoms with Crippen molar-refractivity contribution >= 4 is 5.91 Å². The lowest BCUT2D eigenvalue weighted by atomic mass is 10.1. The fourth-order valence-corrected chi connectivity index (χ4v) is 3.70. The minimum atomic E-state index is -1.12. The average Bonchev–Trinajstić information content (AvgIpc) is 3.09. The topological polar surface area (TPSA) is 85.6 Å². The highest BCUT2D eigenvalue weighted by molar-refractivity contribution is 5.96. The summed E-state index contributed by atoms with van der Waals surface area (Å²) in [6.07, 6.45) is 1.88. The Bertz CT molecular complexity index is 853. The molecule has 0 fully saturated rings. The van der Waals surface area contributed by atoms with Crippen molar-refractivity contribution in [2.24, 2.45) is 5.92 Å². The van der Waals surface area contributed by atoms with Crippen LogP contribution in [0.5, 0.6) is 0 Å². The lowest BCUT2D eigenvalue weighted by molar-refractivity contribution is -0.113. The van der Waals surface area contributed by atoms with E-state index in [1.165, 1.54) is 24.3 Å². The maximum absolute atomic E-state index is 13.1. The number of benzene rings is 1. The number of carbonyl (C=O) groups excluding carboxylic acids is 1. The first-order valence-corrected chi connectivity index (χ1v) is 11.0. The molecular weight excluding hydrogens is 401 g/mol. The first-order valence-electron chi connectivity index (χ1n) is 11.0. The summed E-state index contributed by atoms with van der Waals surface area (Å²) >= 11 is 0. The van der Waals surface area contributed by atoms with Gasteiger partial charge in [0.25, 0.3) is 5.91 Å². The highest BCUT2D eigenvalue weighted by Gasteiger charge is 2.24. The van der Waals surface area contributed by atoms with Crippen LogP contribution in [0.15, 0.2) is 24.3 Å². The van der Waals surface area contributed by atoms with E-state index < -0.39 is 6.29 Å². The van der Waals surface area contributed by atoms with Crippen molar-refractivity contribution in [3.8, 4) is 0 Å². The summed E-state index contributed by atoms with van der Waals surface area (Å²) in [5.41, 5.74) is 2.91. The first kappa shape index (κ1) is 23.4. The number of hydrogen-bond acceptors (Lipinski definition) is 5. The van der Waals surface area contributed by atoms with Gasteiger partial charge in [-0.3, -0.25) is 9.48 Å². The van der Waals surface area contributed by atoms with Crippen LogP contribution in [0.2, 0.25) is 0 Å². The van der Waals surface area contributed by atoms with E-state index in [1.54, 1.807) is 0 Å². The predicted molar refractivity (Wildman–Crippen MR) is 114 cm³/mol. The van der Waals surface area contributed by atoms with Crippen LogP contribution in [0.25, 0.3) is 0 Å². The van der Waals surface area contributed by atoms with Gasteiger partial charge >= 0.3 is 0 Å². The summed E-state index contributed by atoms with van der Waals surface area (Å²) in [5.74, 6) is -0.389. The lowest BCUT2D eigenvalue weighted by Gasteiger charge is -2.18. The third-order valence-electron chi connectivity index (χ3n) is 5.32. The fraction of sp³-hybridized carbons (Fsp3) is 0.565. The first-order chi connectivity index (χ1) is 15.0. The van der Waals surface area contributed by atoms with Crippen LogP contribution in [-0.4, -0.2) is 47.2 Å². The largest absolute Gasteiger partial charge is 0.381 e. The van der Waals surface area contributed by atoms with Gasteiger partial charge in [-0.05, 0) is 43.7 Å². The maximum Gasteiger partial charge on any atom is 0.255 e. The quantitative estimate of drug-likeness (QED) is 0.656. The smallest absolute Gasteiger partial charge is 0.255 e. The Kier molecular flexibility index (Phi) is 8.57. The van der Waals surface area contributed by atoms with Crippen molar-refractivity contribution in [2.45, 2.75) is 52.4 Å². The van der Waals surface area contributed by atoms with E-state index in [0.29, 0.717) is 56.9 Å². The third kappa shape index (κ3) is 6.35. The van der Waals surface area contributed by atoms with Crippen LogP contribution in [-0.2, 0) is 28.9 Å². The van der Waals surface area contributed by atoms with Gasteiger partial charge < -0.3 is 19.9 Å². The number of carbonyl (C=O) groups is 1. The Labute approximate surface area is 182 Å². The molecule has 0 bridgehead atoms. The van der Waals surface area contributed by atoms with Crippen molar-refractivity contribution < 1.29 is 23.8 Å². The molecule has 2 aromatic rings. The van der Waals surface area contributed by atoms with Gasteiger partial charge in [-0.1, -0.05) is 26.0 Å². The van der Waals surface area contributed by atoms with E-state index in [-0.39, 0.29) is 17.6 Å². The van der Waals surface area contributed by atoms with Crippen molar-refractivity contribution in [1.29, 1.82) is 0 Å². The Balaban J connectivity index is 1.69. The number of aromatic nitrogens is 2. The van der Waals surface area contributed by atoms with Crippen LogP contribution in [0, 0.1) is 11.7 Å². The molecule has 31 heavy (non-hydrogen) atoms. The minimum absolute atomic E-state index is 0.0429. The lowest BCUT2D eigenvalue weighted by Crippen LogP contribution is -2.27. The monoisotopic (exact) mass is 433 g/mol. The van der Waals surface area contributed by atoms with Gasteiger partial charge in [0.2, 0.25) is 0 Å². The average molecular weight is 434 g/mol. The standard InChI is InChI=1S/C23H32FN3O4/c1-3-19-21-20(6-4-12-30-13-5-11-25-22(21)28)27(26-19)14-16(2)15-31-23(29)17-7-9-18(24)10-8-17/h7-10,16,23,29H,3-6,11-15H2,1-2H3,(H,25,28)/t16-,23?/m0/s1. The number of halogens is 1. The fourth-order valence-electron chi connectivity index (χ4n) is 3.70. The van der Waals surface area contributed by atoms with Crippen molar-refractivity contribution in [1.82, 2.24) is 15.1 Å². The van der Waals surface area contributed by atoms with E-state index >= 15 is 0 Å². The van der Waals surface area contributed by atoms with Gasteiger partial charge in [0.1, 0.15) is 5.82 Å². The number of aryl methyl sites for hydroxylation is 1. The summed E-state index contributed by atoms with van der Waals surface area (Å²) in [7, 11) is 0. The molecule has 1 aromatic carbocycles. The number of ether oxygens (including phenoxy) is 2. The molecule has 170 valence electrons. The van der Waals surface area contributed by atoms with Gasteiger partial charge in [-0.25, -0.2) is 4.39 Å². The molecule has 1 aromatic heterocycles. The van der Waals surface area contributed by atoms with Gasteiger partial charge in [0, 0.05) is 31.9 Å². The molecule has 7 nitrogen and oxygen atoms in total. The van der Waals surface area contributed by atoms with Crippen LogP contribution in [0.3, 0.4) is 0 Å². The van der Waals surface area contributed by atoms with E-state index in [1.807, 2.05) is 18.5 Å². The molecule has 2 atom stereocenters. The molecule has 0 saturated carbocycles. The van der Waals surface area contributed by atoms with Crippen molar-refractivity contribution in [3.05, 3.63) is 52.6 Å². The summed E-state index contributed by atoms with van der Waals surface area (Å²) in [6, 6.07) is 5.59. The highest BCUT2D eigenvalue weighted by atomic mass is 19.1. The molecule has 0 aliphatic carbocycles. The minimum Gasteiger partial charge on any atom is -0.381 e. The number of rotatable bonds is 7. The van der Waals surface area contributed by atoms with Gasteiger partial charge in [-0.2, -0.15) is 5.10 Å². The molecule has 0 spiro atoms. The predicted octanol–water partition coefficient (Wildman–Crippen LogP) is 3.01. The van der Waals surface area contributed by atoms with E-state index in [4.69, 9.17) is 14.6 Å². The number of amides is 1. The highest BCUT2D eigenvalue weighted by Crippen LogP contribution is 2.21. The number of nitrogens with zero attached hydrogens (tertiary/aromatic N) is 2. The zero-order chi connectivity index (χ0) is 22.2. The summed E-state index contributed by atoms with van der Waals surface area (Å²) < 4.78 is 26.2. The molecule has 0 saturated heterocycles. The molecule has 3 rings (SSSR count). The second kappa shape index (κ2) is 11.4.